The Morgan fingerprint density at radius 2 is 1.22 bits per heavy atom. The van der Waals surface area contributed by atoms with Crippen LogP contribution in [0.5, 0.6) is 0 Å². The lowest BCUT2D eigenvalue weighted by atomic mass is 9.93. The lowest BCUT2D eigenvalue weighted by molar-refractivity contribution is -0.0507. The molecule has 0 amide bonds. The van der Waals surface area contributed by atoms with Crippen molar-refractivity contribution >= 4 is 8.32 Å². The molecule has 3 rings (SSSR count). The lowest BCUT2D eigenvalue weighted by Gasteiger charge is -2.46. The number of hydrogen-bond donors (Lipinski definition) is 0. The van der Waals surface area contributed by atoms with E-state index in [2.05, 4.69) is 85.2 Å². The average molecular weight is 326 g/mol. The molecule has 0 saturated carbocycles. The Labute approximate surface area is 141 Å². The van der Waals surface area contributed by atoms with Crippen molar-refractivity contribution in [3.63, 3.8) is 0 Å². The molecule has 2 nitrogen and oxygen atoms in total. The predicted molar refractivity (Wildman–Crippen MR) is 98.9 cm³/mol. The first-order valence-electron chi connectivity index (χ1n) is 8.59. The minimum absolute atomic E-state index is 0.455. The van der Waals surface area contributed by atoms with Crippen LogP contribution in [0.2, 0.25) is 19.6 Å². The van der Waals surface area contributed by atoms with Gasteiger partial charge in [-0.1, -0.05) is 60.7 Å². The van der Waals surface area contributed by atoms with E-state index in [-0.39, 0.29) is 0 Å². The van der Waals surface area contributed by atoms with Gasteiger partial charge in [-0.3, -0.25) is 4.90 Å². The van der Waals surface area contributed by atoms with E-state index < -0.39 is 14.0 Å². The fourth-order valence-corrected chi connectivity index (χ4v) is 4.77. The van der Waals surface area contributed by atoms with Crippen molar-refractivity contribution in [1.82, 2.24) is 4.90 Å². The summed E-state index contributed by atoms with van der Waals surface area (Å²) >= 11 is 0. The number of nitrogens with zero attached hydrogens (tertiary/aromatic N) is 1. The van der Waals surface area contributed by atoms with E-state index in [1.807, 2.05) is 0 Å². The Kier molecular flexibility index (Phi) is 4.71. The zero-order valence-corrected chi connectivity index (χ0v) is 15.5. The highest BCUT2D eigenvalue weighted by molar-refractivity contribution is 6.69. The molecule has 1 heterocycles. The van der Waals surface area contributed by atoms with E-state index in [1.165, 1.54) is 24.0 Å². The molecule has 0 radical (unpaired) electrons. The third-order valence-electron chi connectivity index (χ3n) is 4.34. The molecule has 1 aliphatic heterocycles. The second kappa shape index (κ2) is 6.60. The summed E-state index contributed by atoms with van der Waals surface area (Å²) in [5.41, 5.74) is 2.04. The normalized spacial score (nSPS) is 16.7. The largest absolute Gasteiger partial charge is 0.393 e. The van der Waals surface area contributed by atoms with Crippen molar-refractivity contribution in [1.29, 1.82) is 0 Å². The molecular weight excluding hydrogens is 298 g/mol. The SMILES string of the molecule is C[Si](C)(C)OC(c1ccccc1)(c1ccccc1)N1CCCC1. The first-order chi connectivity index (χ1) is 11.0. The van der Waals surface area contributed by atoms with Gasteiger partial charge in [0, 0.05) is 24.2 Å². The number of benzene rings is 2. The molecule has 0 N–H and O–H groups in total. The highest BCUT2D eigenvalue weighted by atomic mass is 28.4. The van der Waals surface area contributed by atoms with Crippen LogP contribution < -0.4 is 0 Å². The highest BCUT2D eigenvalue weighted by Gasteiger charge is 2.45. The van der Waals surface area contributed by atoms with Gasteiger partial charge in [-0.15, -0.1) is 0 Å². The number of likely N-dealkylation sites (tertiary alicyclic amines) is 1. The molecule has 2 aromatic carbocycles. The van der Waals surface area contributed by atoms with Crippen LogP contribution in [-0.4, -0.2) is 26.3 Å². The Balaban J connectivity index is 2.20. The van der Waals surface area contributed by atoms with Gasteiger partial charge in [0.2, 0.25) is 0 Å². The summed E-state index contributed by atoms with van der Waals surface area (Å²) < 4.78 is 6.95. The van der Waals surface area contributed by atoms with Crippen LogP contribution in [0.3, 0.4) is 0 Å². The second-order valence-corrected chi connectivity index (χ2v) is 11.7. The predicted octanol–water partition coefficient (Wildman–Crippen LogP) is 4.84. The molecule has 2 aromatic rings. The van der Waals surface area contributed by atoms with Gasteiger partial charge in [-0.25, -0.2) is 0 Å². The Morgan fingerprint density at radius 1 is 0.783 bits per heavy atom. The van der Waals surface area contributed by atoms with E-state index in [4.69, 9.17) is 4.43 Å². The molecule has 0 bridgehead atoms. The monoisotopic (exact) mass is 325 g/mol. The van der Waals surface area contributed by atoms with E-state index >= 15 is 0 Å². The molecule has 0 aliphatic carbocycles. The summed E-state index contributed by atoms with van der Waals surface area (Å²) in [4.78, 5) is 2.54. The fourth-order valence-electron chi connectivity index (χ4n) is 3.52. The standard InChI is InChI=1S/C20H27NOSi/c1-23(2,3)22-20(21-16-10-11-17-21,18-12-6-4-7-13-18)19-14-8-5-9-15-19/h4-9,12-15H,10-11,16-17H2,1-3H3. The quantitative estimate of drug-likeness (QED) is 0.730. The van der Waals surface area contributed by atoms with Crippen molar-refractivity contribution in [3.05, 3.63) is 71.8 Å². The summed E-state index contributed by atoms with van der Waals surface area (Å²) in [6, 6.07) is 21.5. The minimum Gasteiger partial charge on any atom is -0.393 e. The summed E-state index contributed by atoms with van der Waals surface area (Å²) in [6.07, 6.45) is 2.49. The van der Waals surface area contributed by atoms with Crippen LogP contribution in [0.4, 0.5) is 0 Å². The maximum Gasteiger partial charge on any atom is 0.187 e. The summed E-state index contributed by atoms with van der Waals surface area (Å²) in [5, 5.41) is 0. The van der Waals surface area contributed by atoms with Gasteiger partial charge in [0.25, 0.3) is 0 Å². The van der Waals surface area contributed by atoms with Crippen LogP contribution in [0, 0.1) is 0 Å². The first kappa shape index (κ1) is 16.4. The number of rotatable bonds is 5. The van der Waals surface area contributed by atoms with Gasteiger partial charge in [0.05, 0.1) is 0 Å². The molecular formula is C20H27NOSi. The Bertz CT molecular complexity index is 576. The van der Waals surface area contributed by atoms with Crippen LogP contribution in [-0.2, 0) is 10.2 Å². The molecule has 122 valence electrons. The molecule has 23 heavy (non-hydrogen) atoms. The molecule has 1 aliphatic rings. The van der Waals surface area contributed by atoms with Gasteiger partial charge in [0.1, 0.15) is 0 Å². The second-order valence-electron chi connectivity index (χ2n) is 7.28. The van der Waals surface area contributed by atoms with Crippen LogP contribution in [0.15, 0.2) is 60.7 Å². The van der Waals surface area contributed by atoms with Gasteiger partial charge in [0.15, 0.2) is 14.0 Å². The summed E-state index contributed by atoms with van der Waals surface area (Å²) in [6.45, 7) is 9.03. The van der Waals surface area contributed by atoms with Crippen molar-refractivity contribution in [2.24, 2.45) is 0 Å². The lowest BCUT2D eigenvalue weighted by Crippen LogP contribution is -2.52. The van der Waals surface area contributed by atoms with E-state index in [9.17, 15) is 0 Å². The topological polar surface area (TPSA) is 12.5 Å². The maximum absolute atomic E-state index is 6.95. The van der Waals surface area contributed by atoms with Crippen LogP contribution in [0.1, 0.15) is 24.0 Å². The first-order valence-corrected chi connectivity index (χ1v) is 12.0. The smallest absolute Gasteiger partial charge is 0.187 e. The zero-order valence-electron chi connectivity index (χ0n) is 14.5. The van der Waals surface area contributed by atoms with Gasteiger partial charge < -0.3 is 4.43 Å². The molecule has 1 saturated heterocycles. The molecule has 1 fully saturated rings. The zero-order chi connectivity index (χ0) is 16.3. The minimum atomic E-state index is -1.77. The van der Waals surface area contributed by atoms with Crippen molar-refractivity contribution in [2.75, 3.05) is 13.1 Å². The van der Waals surface area contributed by atoms with Crippen LogP contribution in [0.25, 0.3) is 0 Å². The third kappa shape index (κ3) is 3.42. The summed E-state index contributed by atoms with van der Waals surface area (Å²) in [7, 11) is -1.77. The molecule has 0 aromatic heterocycles. The average Bonchev–Trinajstić information content (AvgIpc) is 3.08. The highest BCUT2D eigenvalue weighted by Crippen LogP contribution is 2.41. The van der Waals surface area contributed by atoms with Gasteiger partial charge in [-0.05, 0) is 32.5 Å². The van der Waals surface area contributed by atoms with E-state index in [0.29, 0.717) is 0 Å². The van der Waals surface area contributed by atoms with Crippen molar-refractivity contribution < 1.29 is 4.43 Å². The summed E-state index contributed by atoms with van der Waals surface area (Å²) in [5.74, 6) is 0. The van der Waals surface area contributed by atoms with Crippen molar-refractivity contribution in [2.45, 2.75) is 38.2 Å². The molecule has 3 heteroatoms. The molecule has 0 unspecified atom stereocenters. The Hall–Kier alpha value is -1.42. The van der Waals surface area contributed by atoms with Gasteiger partial charge in [-0.2, -0.15) is 0 Å². The molecule has 0 atom stereocenters. The fraction of sp³-hybridized carbons (Fsp3) is 0.400. The molecule has 0 spiro atoms. The maximum atomic E-state index is 6.95. The Morgan fingerprint density at radius 3 is 1.61 bits per heavy atom. The van der Waals surface area contributed by atoms with Crippen LogP contribution >= 0.6 is 0 Å². The van der Waals surface area contributed by atoms with Gasteiger partial charge >= 0.3 is 0 Å². The van der Waals surface area contributed by atoms with Crippen molar-refractivity contribution in [3.8, 4) is 0 Å². The number of hydrogen-bond acceptors (Lipinski definition) is 2. The van der Waals surface area contributed by atoms with E-state index in [0.717, 1.165) is 13.1 Å². The van der Waals surface area contributed by atoms with E-state index in [1.54, 1.807) is 0 Å². The third-order valence-corrected chi connectivity index (χ3v) is 5.24.